The van der Waals surface area contributed by atoms with Gasteiger partial charge in [-0.2, -0.15) is 0 Å². The molecule has 0 fully saturated rings. The largest absolute Gasteiger partial charge is 0.456 e. The molecule has 1 amide bonds. The minimum Gasteiger partial charge on any atom is -0.456 e. The number of hydrogen-bond donors (Lipinski definition) is 0. The molecular weight excluding hydrogens is 340 g/mol. The number of carbonyl (C=O) groups excluding carboxylic acids is 2. The van der Waals surface area contributed by atoms with Gasteiger partial charge in [0.2, 0.25) is 5.91 Å². The van der Waals surface area contributed by atoms with Crippen molar-refractivity contribution in [3.63, 3.8) is 0 Å². The van der Waals surface area contributed by atoms with E-state index in [1.807, 2.05) is 56.9 Å². The van der Waals surface area contributed by atoms with Crippen LogP contribution in [0.4, 0.5) is 5.69 Å². The zero-order valence-electron chi connectivity index (χ0n) is 16.4. The van der Waals surface area contributed by atoms with Crippen molar-refractivity contribution in [2.75, 3.05) is 11.4 Å². The maximum absolute atomic E-state index is 12.8. The number of esters is 1. The molecule has 0 atom stereocenters. The Labute approximate surface area is 160 Å². The van der Waals surface area contributed by atoms with Crippen molar-refractivity contribution in [1.29, 1.82) is 0 Å². The zero-order chi connectivity index (χ0) is 19.6. The first kappa shape index (κ1) is 19.1. The SMILES string of the molecule is Cc1ccc(CC(=O)N2CCCc3cc(C(=O)OC(C)(C)C)ccc32)cn1. The smallest absolute Gasteiger partial charge is 0.338 e. The van der Waals surface area contributed by atoms with Crippen LogP contribution in [0, 0.1) is 6.92 Å². The summed E-state index contributed by atoms with van der Waals surface area (Å²) >= 11 is 0. The number of hydrogen-bond acceptors (Lipinski definition) is 4. The number of fused-ring (bicyclic) bond motifs is 1. The van der Waals surface area contributed by atoms with E-state index in [0.29, 0.717) is 18.5 Å². The van der Waals surface area contributed by atoms with Gasteiger partial charge in [-0.25, -0.2) is 4.79 Å². The molecule has 2 aromatic rings. The molecule has 142 valence electrons. The number of nitrogens with zero attached hydrogens (tertiary/aromatic N) is 2. The van der Waals surface area contributed by atoms with E-state index < -0.39 is 5.60 Å². The number of rotatable bonds is 3. The maximum Gasteiger partial charge on any atom is 0.338 e. The molecule has 1 aliphatic rings. The summed E-state index contributed by atoms with van der Waals surface area (Å²) in [7, 11) is 0. The Morgan fingerprint density at radius 3 is 2.63 bits per heavy atom. The molecule has 5 heteroatoms. The van der Waals surface area contributed by atoms with Crippen LogP contribution in [-0.4, -0.2) is 29.0 Å². The van der Waals surface area contributed by atoms with E-state index in [9.17, 15) is 9.59 Å². The van der Waals surface area contributed by atoms with Gasteiger partial charge in [-0.3, -0.25) is 9.78 Å². The van der Waals surface area contributed by atoms with Gasteiger partial charge in [0.25, 0.3) is 0 Å². The second-order valence-corrected chi connectivity index (χ2v) is 7.98. The van der Waals surface area contributed by atoms with Gasteiger partial charge in [-0.15, -0.1) is 0 Å². The summed E-state index contributed by atoms with van der Waals surface area (Å²) in [5, 5.41) is 0. The van der Waals surface area contributed by atoms with Crippen LogP contribution < -0.4 is 4.90 Å². The van der Waals surface area contributed by atoms with Crippen LogP contribution in [-0.2, 0) is 22.4 Å². The molecule has 0 radical (unpaired) electrons. The van der Waals surface area contributed by atoms with Gasteiger partial charge >= 0.3 is 5.97 Å². The number of amides is 1. The number of pyridine rings is 1. The molecule has 3 rings (SSSR count). The van der Waals surface area contributed by atoms with E-state index in [-0.39, 0.29) is 11.9 Å². The molecule has 0 saturated carbocycles. The lowest BCUT2D eigenvalue weighted by Crippen LogP contribution is -2.36. The normalized spacial score (nSPS) is 13.9. The second-order valence-electron chi connectivity index (χ2n) is 7.98. The van der Waals surface area contributed by atoms with Crippen LogP contribution in [0.1, 0.15) is 54.4 Å². The van der Waals surface area contributed by atoms with E-state index in [0.717, 1.165) is 35.3 Å². The fourth-order valence-electron chi connectivity index (χ4n) is 3.19. The van der Waals surface area contributed by atoms with E-state index >= 15 is 0 Å². The third-order valence-electron chi connectivity index (χ3n) is 4.46. The highest BCUT2D eigenvalue weighted by Gasteiger charge is 2.25. The molecule has 2 heterocycles. The molecule has 27 heavy (non-hydrogen) atoms. The van der Waals surface area contributed by atoms with Crippen molar-refractivity contribution in [3.05, 3.63) is 58.9 Å². The first-order valence-electron chi connectivity index (χ1n) is 9.31. The van der Waals surface area contributed by atoms with Crippen LogP contribution in [0.25, 0.3) is 0 Å². The Balaban J connectivity index is 1.78. The lowest BCUT2D eigenvalue weighted by molar-refractivity contribution is -0.118. The first-order chi connectivity index (χ1) is 12.7. The number of ether oxygens (including phenoxy) is 1. The molecule has 1 aromatic heterocycles. The van der Waals surface area contributed by atoms with Crippen LogP contribution in [0.2, 0.25) is 0 Å². The molecule has 0 spiro atoms. The summed E-state index contributed by atoms with van der Waals surface area (Å²) in [4.78, 5) is 31.2. The van der Waals surface area contributed by atoms with Crippen molar-refractivity contribution in [3.8, 4) is 0 Å². The summed E-state index contributed by atoms with van der Waals surface area (Å²) in [6, 6.07) is 9.32. The van der Waals surface area contributed by atoms with Crippen molar-refractivity contribution < 1.29 is 14.3 Å². The Hall–Kier alpha value is -2.69. The third kappa shape index (κ3) is 4.73. The Morgan fingerprint density at radius 2 is 1.96 bits per heavy atom. The molecule has 0 bridgehead atoms. The van der Waals surface area contributed by atoms with Gasteiger partial charge in [-0.05, 0) is 75.9 Å². The first-order valence-corrected chi connectivity index (χ1v) is 9.31. The highest BCUT2D eigenvalue weighted by Crippen LogP contribution is 2.29. The Kier molecular flexibility index (Phi) is 5.31. The average Bonchev–Trinajstić information content (AvgIpc) is 2.61. The van der Waals surface area contributed by atoms with Crippen molar-refractivity contribution in [2.24, 2.45) is 0 Å². The number of aryl methyl sites for hydroxylation is 2. The number of benzene rings is 1. The minimum atomic E-state index is -0.531. The van der Waals surface area contributed by atoms with Gasteiger partial charge in [-0.1, -0.05) is 6.07 Å². The second kappa shape index (κ2) is 7.51. The minimum absolute atomic E-state index is 0.0478. The molecule has 0 aliphatic carbocycles. The van der Waals surface area contributed by atoms with Crippen molar-refractivity contribution in [2.45, 2.75) is 52.6 Å². The predicted octanol–water partition coefficient (Wildman–Crippen LogP) is 3.87. The summed E-state index contributed by atoms with van der Waals surface area (Å²) in [5.74, 6) is -0.286. The topological polar surface area (TPSA) is 59.5 Å². The Morgan fingerprint density at radius 1 is 1.19 bits per heavy atom. The summed E-state index contributed by atoms with van der Waals surface area (Å²) in [6.45, 7) is 8.17. The van der Waals surface area contributed by atoms with Crippen LogP contribution in [0.15, 0.2) is 36.5 Å². The van der Waals surface area contributed by atoms with Gasteiger partial charge < -0.3 is 9.64 Å². The van der Waals surface area contributed by atoms with Gasteiger partial charge in [0.05, 0.1) is 12.0 Å². The fraction of sp³-hybridized carbons (Fsp3) is 0.409. The van der Waals surface area contributed by atoms with E-state index in [2.05, 4.69) is 4.98 Å². The molecule has 0 saturated heterocycles. The quantitative estimate of drug-likeness (QED) is 0.774. The Bertz CT molecular complexity index is 851. The summed E-state index contributed by atoms with van der Waals surface area (Å²) in [5.41, 5.74) is 3.74. The van der Waals surface area contributed by atoms with Gasteiger partial charge in [0.15, 0.2) is 0 Å². The molecule has 0 unspecified atom stereocenters. The predicted molar refractivity (Wildman–Crippen MR) is 105 cm³/mol. The van der Waals surface area contributed by atoms with Crippen LogP contribution >= 0.6 is 0 Å². The summed E-state index contributed by atoms with van der Waals surface area (Å²) < 4.78 is 5.45. The van der Waals surface area contributed by atoms with Gasteiger partial charge in [0.1, 0.15) is 5.60 Å². The van der Waals surface area contributed by atoms with E-state index in [4.69, 9.17) is 4.74 Å². The van der Waals surface area contributed by atoms with E-state index in [1.54, 1.807) is 12.3 Å². The molecule has 1 aliphatic heterocycles. The van der Waals surface area contributed by atoms with E-state index in [1.165, 1.54) is 0 Å². The molecule has 1 aromatic carbocycles. The van der Waals surface area contributed by atoms with Crippen molar-refractivity contribution in [1.82, 2.24) is 4.98 Å². The van der Waals surface area contributed by atoms with Crippen molar-refractivity contribution >= 4 is 17.6 Å². The number of anilines is 1. The fourth-order valence-corrected chi connectivity index (χ4v) is 3.19. The van der Waals surface area contributed by atoms with Crippen LogP contribution in [0.5, 0.6) is 0 Å². The number of carbonyl (C=O) groups is 2. The number of aromatic nitrogens is 1. The monoisotopic (exact) mass is 366 g/mol. The summed E-state index contributed by atoms with van der Waals surface area (Å²) in [6.07, 6.45) is 3.80. The highest BCUT2D eigenvalue weighted by atomic mass is 16.6. The molecular formula is C22H26N2O3. The zero-order valence-corrected chi connectivity index (χ0v) is 16.4. The lowest BCUT2D eigenvalue weighted by atomic mass is 9.98. The lowest BCUT2D eigenvalue weighted by Gasteiger charge is -2.30. The molecule has 5 nitrogen and oxygen atoms in total. The third-order valence-corrected chi connectivity index (χ3v) is 4.46. The van der Waals surface area contributed by atoms with Crippen LogP contribution in [0.3, 0.4) is 0 Å². The maximum atomic E-state index is 12.8. The van der Waals surface area contributed by atoms with Gasteiger partial charge in [0, 0.05) is 24.1 Å². The highest BCUT2D eigenvalue weighted by molar-refractivity contribution is 5.97. The average molecular weight is 366 g/mol. The standard InChI is InChI=1S/C22H26N2O3/c1-15-7-8-16(14-23-15)12-20(25)24-11-5-6-17-13-18(9-10-19(17)24)21(26)27-22(2,3)4/h7-10,13-14H,5-6,11-12H2,1-4H3. The molecule has 0 N–H and O–H groups in total.